The maximum absolute atomic E-state index is 8.88. The van der Waals surface area contributed by atoms with Crippen LogP contribution in [0.2, 0.25) is 0 Å². The molecule has 6 heteroatoms. The first-order valence-electron chi connectivity index (χ1n) is 10.2. The lowest BCUT2D eigenvalue weighted by Gasteiger charge is -2.11. The lowest BCUT2D eigenvalue weighted by molar-refractivity contribution is 0.825. The van der Waals surface area contributed by atoms with Crippen LogP contribution in [0.15, 0.2) is 79.3 Å². The molecular weight excluding hydrogens is 384 g/mol. The van der Waals surface area contributed by atoms with Gasteiger partial charge in [-0.2, -0.15) is 5.26 Å². The number of nitriles is 1. The highest BCUT2D eigenvalue weighted by Gasteiger charge is 2.09. The third kappa shape index (κ3) is 3.94. The number of nitrogens with one attached hydrogen (secondary N) is 1. The summed E-state index contributed by atoms with van der Waals surface area (Å²) in [6.45, 7) is 0.753. The minimum atomic E-state index is 0.582. The van der Waals surface area contributed by atoms with Crippen molar-refractivity contribution in [3.05, 3.63) is 90.5 Å². The second-order valence-corrected chi connectivity index (χ2v) is 7.36. The summed E-state index contributed by atoms with van der Waals surface area (Å²) in [6.07, 6.45) is 7.05. The minimum Gasteiger partial charge on any atom is -0.355 e. The molecule has 0 amide bonds. The smallest absolute Gasteiger partial charge is 0.209 e. The van der Waals surface area contributed by atoms with Crippen molar-refractivity contribution >= 4 is 22.4 Å². The average molecular weight is 404 g/mol. The Labute approximate surface area is 179 Å². The number of pyridine rings is 1. The van der Waals surface area contributed by atoms with Gasteiger partial charge in [-0.3, -0.25) is 9.38 Å². The van der Waals surface area contributed by atoms with Crippen LogP contribution < -0.4 is 5.32 Å². The summed E-state index contributed by atoms with van der Waals surface area (Å²) in [6, 6.07) is 22.5. The van der Waals surface area contributed by atoms with E-state index in [1.165, 1.54) is 10.8 Å². The molecule has 0 saturated heterocycles. The number of fused-ring (bicyclic) bond motifs is 2. The molecule has 0 aliphatic heterocycles. The predicted molar refractivity (Wildman–Crippen MR) is 122 cm³/mol. The number of nitrogens with zero attached hydrogens (tertiary/aromatic N) is 5. The zero-order valence-corrected chi connectivity index (χ0v) is 16.9. The Balaban J connectivity index is 1.35. The normalized spacial score (nSPS) is 10.9. The third-order valence-electron chi connectivity index (χ3n) is 5.28. The predicted octanol–water partition coefficient (Wildman–Crippen LogP) is 4.86. The van der Waals surface area contributed by atoms with Crippen LogP contribution in [-0.2, 0) is 6.42 Å². The second-order valence-electron chi connectivity index (χ2n) is 7.36. The molecule has 0 atom stereocenters. The molecule has 0 bridgehead atoms. The van der Waals surface area contributed by atoms with Gasteiger partial charge in [0.1, 0.15) is 11.7 Å². The highest BCUT2D eigenvalue weighted by atomic mass is 15.2. The summed E-state index contributed by atoms with van der Waals surface area (Å²) in [5.41, 5.74) is 4.37. The van der Waals surface area contributed by atoms with Crippen molar-refractivity contribution in [1.82, 2.24) is 19.4 Å². The molecule has 1 N–H and O–H groups in total. The van der Waals surface area contributed by atoms with E-state index >= 15 is 0 Å². The van der Waals surface area contributed by atoms with Gasteiger partial charge in [-0.05, 0) is 41.8 Å². The Morgan fingerprint density at radius 3 is 2.71 bits per heavy atom. The zero-order valence-electron chi connectivity index (χ0n) is 16.9. The quantitative estimate of drug-likeness (QED) is 0.409. The van der Waals surface area contributed by atoms with Crippen molar-refractivity contribution in [2.45, 2.75) is 12.8 Å². The van der Waals surface area contributed by atoms with Gasteiger partial charge in [-0.15, -0.1) is 0 Å². The van der Waals surface area contributed by atoms with Crippen molar-refractivity contribution in [2.75, 3.05) is 11.9 Å². The topological polar surface area (TPSA) is 78.9 Å². The van der Waals surface area contributed by atoms with Crippen LogP contribution >= 0.6 is 0 Å². The zero-order chi connectivity index (χ0) is 21.0. The maximum Gasteiger partial charge on any atom is 0.209 e. The fourth-order valence-electron chi connectivity index (χ4n) is 3.65. The molecule has 3 aromatic heterocycles. The Kier molecular flexibility index (Phi) is 4.99. The largest absolute Gasteiger partial charge is 0.355 e. The van der Waals surface area contributed by atoms with E-state index in [0.29, 0.717) is 5.56 Å². The van der Waals surface area contributed by atoms with Crippen LogP contribution in [0.25, 0.3) is 27.7 Å². The number of hydrogen-bond acceptors (Lipinski definition) is 5. The summed E-state index contributed by atoms with van der Waals surface area (Å²) in [5, 5.41) is 14.7. The summed E-state index contributed by atoms with van der Waals surface area (Å²) in [7, 11) is 0. The number of hydrogen-bond donors (Lipinski definition) is 1. The highest BCUT2D eigenvalue weighted by molar-refractivity contribution is 5.87. The standard InChI is InChI=1S/C25H20N6/c26-16-18-7-10-22(29-17-18)6-3-11-28-25-30-23(15-24-27-12-13-31(24)25)21-9-8-19-4-1-2-5-20(19)14-21/h1-2,4-5,7-10,12-15,17H,3,6,11H2,(H,28,30). The Bertz CT molecular complexity index is 1400. The van der Waals surface area contributed by atoms with E-state index in [1.807, 2.05) is 34.9 Å². The third-order valence-corrected chi connectivity index (χ3v) is 5.28. The molecule has 0 saturated carbocycles. The van der Waals surface area contributed by atoms with Gasteiger partial charge in [0.25, 0.3) is 0 Å². The molecule has 150 valence electrons. The SMILES string of the molecule is N#Cc1ccc(CCCNc2nc(-c3ccc4ccccc4c3)cc3nccn23)nc1. The molecule has 0 aliphatic rings. The van der Waals surface area contributed by atoms with Crippen molar-refractivity contribution in [2.24, 2.45) is 0 Å². The van der Waals surface area contributed by atoms with Crippen LogP contribution in [0, 0.1) is 11.3 Å². The van der Waals surface area contributed by atoms with E-state index in [0.717, 1.165) is 47.9 Å². The van der Waals surface area contributed by atoms with Gasteiger partial charge >= 0.3 is 0 Å². The first-order chi connectivity index (χ1) is 15.3. The molecule has 5 aromatic rings. The number of aryl methyl sites for hydroxylation is 1. The van der Waals surface area contributed by atoms with Gasteiger partial charge in [0, 0.05) is 42.5 Å². The number of imidazole rings is 1. The van der Waals surface area contributed by atoms with Gasteiger partial charge in [-0.1, -0.05) is 36.4 Å². The Morgan fingerprint density at radius 1 is 0.968 bits per heavy atom. The summed E-state index contributed by atoms with van der Waals surface area (Å²) in [5.74, 6) is 0.769. The molecule has 6 nitrogen and oxygen atoms in total. The molecule has 0 aliphatic carbocycles. The van der Waals surface area contributed by atoms with E-state index in [9.17, 15) is 0 Å². The van der Waals surface area contributed by atoms with Crippen LogP contribution in [0.5, 0.6) is 0 Å². The van der Waals surface area contributed by atoms with Gasteiger partial charge in [0.15, 0.2) is 0 Å². The average Bonchev–Trinajstić information content (AvgIpc) is 3.31. The molecule has 0 fully saturated rings. The van der Waals surface area contributed by atoms with Crippen molar-refractivity contribution < 1.29 is 0 Å². The molecule has 2 aromatic carbocycles. The van der Waals surface area contributed by atoms with Crippen LogP contribution in [0.1, 0.15) is 17.7 Å². The molecule has 31 heavy (non-hydrogen) atoms. The summed E-state index contributed by atoms with van der Waals surface area (Å²) >= 11 is 0. The monoisotopic (exact) mass is 404 g/mol. The van der Waals surface area contributed by atoms with Crippen molar-refractivity contribution in [3.63, 3.8) is 0 Å². The van der Waals surface area contributed by atoms with Gasteiger partial charge in [0.2, 0.25) is 5.95 Å². The van der Waals surface area contributed by atoms with E-state index in [2.05, 4.69) is 51.7 Å². The summed E-state index contributed by atoms with van der Waals surface area (Å²) in [4.78, 5) is 13.7. The lowest BCUT2D eigenvalue weighted by atomic mass is 10.1. The van der Waals surface area contributed by atoms with Crippen molar-refractivity contribution in [1.29, 1.82) is 5.26 Å². The second kappa shape index (κ2) is 8.25. The molecule has 0 unspecified atom stereocenters. The Hall–Kier alpha value is -4.24. The number of anilines is 1. The van der Waals surface area contributed by atoms with Crippen LogP contribution in [0.4, 0.5) is 5.95 Å². The van der Waals surface area contributed by atoms with Crippen LogP contribution in [0.3, 0.4) is 0 Å². The first-order valence-corrected chi connectivity index (χ1v) is 10.2. The number of rotatable bonds is 6. The van der Waals surface area contributed by atoms with E-state index < -0.39 is 0 Å². The fourth-order valence-corrected chi connectivity index (χ4v) is 3.65. The fraction of sp³-hybridized carbons (Fsp3) is 0.120. The van der Waals surface area contributed by atoms with Crippen molar-refractivity contribution in [3.8, 4) is 17.3 Å². The molecule has 3 heterocycles. The Morgan fingerprint density at radius 2 is 1.87 bits per heavy atom. The maximum atomic E-state index is 8.88. The van der Waals surface area contributed by atoms with E-state index in [4.69, 9.17) is 10.2 Å². The minimum absolute atomic E-state index is 0.582. The molecule has 0 spiro atoms. The lowest BCUT2D eigenvalue weighted by Crippen LogP contribution is -2.09. The molecule has 0 radical (unpaired) electrons. The van der Waals surface area contributed by atoms with E-state index in [1.54, 1.807) is 18.5 Å². The first kappa shape index (κ1) is 18.8. The number of aromatic nitrogens is 4. The van der Waals surface area contributed by atoms with Gasteiger partial charge in [-0.25, -0.2) is 9.97 Å². The number of benzene rings is 2. The van der Waals surface area contributed by atoms with Gasteiger partial charge < -0.3 is 5.32 Å². The van der Waals surface area contributed by atoms with Crippen LogP contribution in [-0.4, -0.2) is 25.9 Å². The summed E-state index contributed by atoms with van der Waals surface area (Å²) < 4.78 is 1.96. The molecule has 5 rings (SSSR count). The highest BCUT2D eigenvalue weighted by Crippen LogP contribution is 2.25. The van der Waals surface area contributed by atoms with Gasteiger partial charge in [0.05, 0.1) is 11.3 Å². The molecular formula is C25H20N6. The van der Waals surface area contributed by atoms with E-state index in [-0.39, 0.29) is 0 Å².